The molecule has 11 nitrogen and oxygen atoms in total. The molecule has 0 bridgehead atoms. The minimum atomic E-state index is -1.13. The summed E-state index contributed by atoms with van der Waals surface area (Å²) < 4.78 is 5.51. The van der Waals surface area contributed by atoms with Gasteiger partial charge in [-0.3, -0.25) is 9.59 Å². The molecule has 1 aliphatic rings. The number of hydrogen-bond donors (Lipinski definition) is 6. The van der Waals surface area contributed by atoms with Gasteiger partial charge in [-0.15, -0.1) is 0 Å². The Morgan fingerprint density at radius 1 is 1.44 bits per heavy atom. The number of guanidine groups is 1. The number of carboxylic acid groups (broad SMARTS) is 1. The van der Waals surface area contributed by atoms with Crippen LogP contribution >= 0.6 is 0 Å². The third-order valence-electron chi connectivity index (χ3n) is 4.04. The van der Waals surface area contributed by atoms with E-state index in [1.54, 1.807) is 0 Å². The molecule has 12 heteroatoms. The summed E-state index contributed by atoms with van der Waals surface area (Å²) >= 11 is 0. The molecule has 0 aromatic carbocycles. The van der Waals surface area contributed by atoms with Gasteiger partial charge in [0.05, 0.1) is 18.2 Å². The number of carboxylic acids is 1. The highest BCUT2D eigenvalue weighted by Gasteiger charge is 2.40. The van der Waals surface area contributed by atoms with E-state index >= 15 is 0 Å². The molecule has 8 N–H and O–H groups in total. The predicted molar refractivity (Wildman–Crippen MR) is 96.4 cm³/mol. The van der Waals surface area contributed by atoms with E-state index < -0.39 is 48.5 Å². The molecule has 0 aliphatic heterocycles. The zero-order valence-corrected chi connectivity index (χ0v) is 14.9. The maximum atomic E-state index is 11.7. The summed E-state index contributed by atoms with van der Waals surface area (Å²) in [6, 6.07) is -1.43. The van der Waals surface area contributed by atoms with Crippen LogP contribution in [0.3, 0.4) is 0 Å². The quantitative estimate of drug-likeness (QED) is 0.132. The Hall–Kier alpha value is -2.60. The Bertz CT molecular complexity index is 622. The lowest BCUT2D eigenvalue weighted by molar-refractivity contribution is -0.133. The van der Waals surface area contributed by atoms with Crippen molar-refractivity contribution < 1.29 is 29.3 Å². The fourth-order valence-electron chi connectivity index (χ4n) is 2.99. The third-order valence-corrected chi connectivity index (χ3v) is 4.04. The van der Waals surface area contributed by atoms with E-state index in [2.05, 4.69) is 10.3 Å². The van der Waals surface area contributed by atoms with Gasteiger partial charge in [0.15, 0.2) is 5.96 Å². The molecule has 0 saturated heterocycles. The number of nitrogens with zero attached hydrogens (tertiary/aromatic N) is 1. The van der Waals surface area contributed by atoms with Crippen LogP contribution in [0.4, 0.5) is 0 Å². The molecule has 0 saturated carbocycles. The SMILES string of the molecule is [B]NC(=O)CO[C@@H](CCO)[C@@H](NC(C)=O)[C@@H]1C=C(C(=O)O)C[C@H]1N=C(N)N. The second kappa shape index (κ2) is 10.5. The van der Waals surface area contributed by atoms with E-state index in [0.717, 1.165) is 0 Å². The van der Waals surface area contributed by atoms with Crippen LogP contribution in [-0.4, -0.2) is 73.3 Å². The minimum Gasteiger partial charge on any atom is -0.478 e. The fourth-order valence-corrected chi connectivity index (χ4v) is 2.99. The van der Waals surface area contributed by atoms with Gasteiger partial charge >= 0.3 is 5.97 Å². The molecule has 2 amide bonds. The van der Waals surface area contributed by atoms with Gasteiger partial charge in [-0.2, -0.15) is 0 Å². The summed E-state index contributed by atoms with van der Waals surface area (Å²) in [5.41, 5.74) is 11.0. The van der Waals surface area contributed by atoms with E-state index in [1.165, 1.54) is 13.0 Å². The Morgan fingerprint density at radius 3 is 2.59 bits per heavy atom. The van der Waals surface area contributed by atoms with Crippen molar-refractivity contribution in [3.63, 3.8) is 0 Å². The van der Waals surface area contributed by atoms with Crippen LogP contribution in [0.25, 0.3) is 0 Å². The molecule has 148 valence electrons. The lowest BCUT2D eigenvalue weighted by Gasteiger charge is -2.33. The fraction of sp³-hybridized carbons (Fsp3) is 0.600. The molecule has 1 rings (SSSR count). The molecule has 0 fully saturated rings. The normalized spacial score (nSPS) is 20.9. The van der Waals surface area contributed by atoms with Gasteiger partial charge in [0.25, 0.3) is 0 Å². The van der Waals surface area contributed by atoms with Crippen LogP contribution in [-0.2, 0) is 19.1 Å². The maximum absolute atomic E-state index is 11.7. The second-order valence-electron chi connectivity index (χ2n) is 6.06. The van der Waals surface area contributed by atoms with Crippen molar-refractivity contribution in [1.29, 1.82) is 0 Å². The number of amides is 2. The standard InChI is InChI=1S/C15H24BN5O6/c1-7(23)19-13(11(2-3-22)27-6-12(24)21-16)9-4-8(14(25)26)5-10(9)20-15(17)18/h4,9-11,13,22H,2-3,5-6H2,1H3,(H,19,23)(H,21,24)(H,25,26)(H4,17,18,20)/t9-,10-,11+,13+/m1/s1. The molecular formula is C15H24BN5O6. The first-order valence-electron chi connectivity index (χ1n) is 8.21. The van der Waals surface area contributed by atoms with Crippen molar-refractivity contribution in [3.8, 4) is 0 Å². The van der Waals surface area contributed by atoms with Crippen LogP contribution in [0.1, 0.15) is 19.8 Å². The number of carbonyl (C=O) groups excluding carboxylic acids is 2. The predicted octanol–water partition coefficient (Wildman–Crippen LogP) is -2.87. The molecule has 0 unspecified atom stereocenters. The van der Waals surface area contributed by atoms with E-state index in [1.807, 2.05) is 5.23 Å². The number of carbonyl (C=O) groups is 3. The Morgan fingerprint density at radius 2 is 2.11 bits per heavy atom. The number of ether oxygens (including phenoxy) is 1. The van der Waals surface area contributed by atoms with Crippen LogP contribution in [0, 0.1) is 5.92 Å². The van der Waals surface area contributed by atoms with E-state index in [0.29, 0.717) is 0 Å². The van der Waals surface area contributed by atoms with Crippen molar-refractivity contribution in [2.45, 2.75) is 38.0 Å². The van der Waals surface area contributed by atoms with Gasteiger partial charge in [0.2, 0.25) is 19.8 Å². The average molecular weight is 381 g/mol. The number of nitrogens with one attached hydrogen (secondary N) is 2. The molecule has 0 heterocycles. The van der Waals surface area contributed by atoms with E-state index in [-0.39, 0.29) is 31.0 Å². The monoisotopic (exact) mass is 381 g/mol. The number of nitrogens with two attached hydrogens (primary N) is 2. The Balaban J connectivity index is 3.21. The number of rotatable bonds is 10. The lowest BCUT2D eigenvalue weighted by Crippen LogP contribution is -2.51. The number of aliphatic imine (C=N–C) groups is 1. The van der Waals surface area contributed by atoms with Crippen LogP contribution in [0.2, 0.25) is 0 Å². The van der Waals surface area contributed by atoms with Crippen LogP contribution in [0.15, 0.2) is 16.6 Å². The zero-order valence-electron chi connectivity index (χ0n) is 14.9. The van der Waals surface area contributed by atoms with Gasteiger partial charge in [-0.25, -0.2) is 9.79 Å². The highest BCUT2D eigenvalue weighted by molar-refractivity contribution is 6.14. The van der Waals surface area contributed by atoms with Crippen LogP contribution < -0.4 is 22.0 Å². The first kappa shape index (κ1) is 22.4. The molecule has 0 spiro atoms. The number of aliphatic carboxylic acids is 1. The first-order valence-corrected chi connectivity index (χ1v) is 8.21. The van der Waals surface area contributed by atoms with Gasteiger partial charge in [-0.05, 0) is 6.42 Å². The molecule has 0 aromatic heterocycles. The molecule has 27 heavy (non-hydrogen) atoms. The van der Waals surface area contributed by atoms with Crippen molar-refractivity contribution in [2.75, 3.05) is 13.2 Å². The van der Waals surface area contributed by atoms with Gasteiger partial charge < -0.3 is 37.0 Å². The summed E-state index contributed by atoms with van der Waals surface area (Å²) in [6.07, 6.45) is 0.770. The third kappa shape index (κ3) is 6.91. The second-order valence-corrected chi connectivity index (χ2v) is 6.06. The van der Waals surface area contributed by atoms with E-state index in [4.69, 9.17) is 24.2 Å². The number of hydrogen-bond acceptors (Lipinski definition) is 6. The smallest absolute Gasteiger partial charge is 0.331 e. The topological polar surface area (TPSA) is 189 Å². The van der Waals surface area contributed by atoms with Crippen molar-refractivity contribution in [1.82, 2.24) is 10.5 Å². The van der Waals surface area contributed by atoms with Gasteiger partial charge in [0, 0.05) is 31.4 Å². The molecule has 1 aliphatic carbocycles. The highest BCUT2D eigenvalue weighted by Crippen LogP contribution is 2.32. The Kier molecular flexibility index (Phi) is 8.75. The van der Waals surface area contributed by atoms with Crippen molar-refractivity contribution in [3.05, 3.63) is 11.6 Å². The number of aliphatic hydroxyl groups is 1. The summed E-state index contributed by atoms with van der Waals surface area (Å²) in [6.45, 7) is 0.578. The van der Waals surface area contributed by atoms with Gasteiger partial charge in [-0.1, -0.05) is 6.08 Å². The molecule has 4 atom stereocenters. The molecule has 2 radical (unpaired) electrons. The summed E-state index contributed by atoms with van der Waals surface area (Å²) in [7, 11) is 5.02. The number of aliphatic hydroxyl groups excluding tert-OH is 1. The Labute approximate surface area is 157 Å². The highest BCUT2D eigenvalue weighted by atomic mass is 16.5. The van der Waals surface area contributed by atoms with Crippen LogP contribution in [0.5, 0.6) is 0 Å². The first-order chi connectivity index (χ1) is 12.7. The largest absolute Gasteiger partial charge is 0.478 e. The average Bonchev–Trinajstić information content (AvgIpc) is 2.99. The van der Waals surface area contributed by atoms with Crippen molar-refractivity contribution in [2.24, 2.45) is 22.4 Å². The molecular weight excluding hydrogens is 357 g/mol. The van der Waals surface area contributed by atoms with Gasteiger partial charge in [0.1, 0.15) is 6.61 Å². The molecule has 0 aromatic rings. The summed E-state index contributed by atoms with van der Waals surface area (Å²) in [5.74, 6) is -2.99. The van der Waals surface area contributed by atoms with Crippen molar-refractivity contribution >= 4 is 31.7 Å². The summed E-state index contributed by atoms with van der Waals surface area (Å²) in [4.78, 5) is 38.5. The maximum Gasteiger partial charge on any atom is 0.331 e. The zero-order chi connectivity index (χ0) is 20.6. The minimum absolute atomic E-state index is 0.0586. The summed E-state index contributed by atoms with van der Waals surface area (Å²) in [5, 5.41) is 23.2. The lowest BCUT2D eigenvalue weighted by atomic mass is 9.89. The van der Waals surface area contributed by atoms with E-state index in [9.17, 15) is 24.6 Å².